The molecule has 0 aliphatic carbocycles. The van der Waals surface area contributed by atoms with Crippen LogP contribution in [0, 0.1) is 12.8 Å². The summed E-state index contributed by atoms with van der Waals surface area (Å²) in [4.78, 5) is 14.9. The van der Waals surface area contributed by atoms with Crippen LogP contribution in [0.1, 0.15) is 44.0 Å². The zero-order chi connectivity index (χ0) is 17.2. The Hall–Kier alpha value is -1.52. The first-order valence-electron chi connectivity index (χ1n) is 9.89. The van der Waals surface area contributed by atoms with Gasteiger partial charge in [0, 0.05) is 12.6 Å². The van der Waals surface area contributed by atoms with Gasteiger partial charge in [0.2, 0.25) is 0 Å². The molecule has 1 atom stereocenters. The van der Waals surface area contributed by atoms with Gasteiger partial charge in [0.25, 0.3) is 0 Å². The van der Waals surface area contributed by atoms with E-state index in [0.717, 1.165) is 40.9 Å². The number of piperidine rings is 1. The molecule has 2 aliphatic rings. The van der Waals surface area contributed by atoms with Crippen LogP contribution in [0.15, 0.2) is 24.3 Å². The Bertz CT molecular complexity index is 715. The quantitative estimate of drug-likeness (QED) is 0.852. The molecule has 0 spiro atoms. The van der Waals surface area contributed by atoms with E-state index < -0.39 is 0 Å². The van der Waals surface area contributed by atoms with Crippen LogP contribution in [0.4, 0.5) is 0 Å². The van der Waals surface area contributed by atoms with Crippen LogP contribution in [0.25, 0.3) is 11.0 Å². The Morgan fingerprint density at radius 3 is 2.32 bits per heavy atom. The summed E-state index contributed by atoms with van der Waals surface area (Å²) in [5, 5.41) is 0. The van der Waals surface area contributed by atoms with E-state index >= 15 is 0 Å². The van der Waals surface area contributed by atoms with Crippen molar-refractivity contribution in [2.45, 2.75) is 52.1 Å². The van der Waals surface area contributed by atoms with Gasteiger partial charge >= 0.3 is 0 Å². The molecule has 0 N–H and O–H groups in total. The monoisotopic (exact) mass is 338 g/mol. The average Bonchev–Trinajstić information content (AvgIpc) is 3.17. The van der Waals surface area contributed by atoms with E-state index in [2.05, 4.69) is 29.7 Å². The largest absolute Gasteiger partial charge is 0.300 e. The fourth-order valence-electron chi connectivity index (χ4n) is 4.53. The second kappa shape index (κ2) is 7.38. The molecule has 0 amide bonds. The van der Waals surface area contributed by atoms with Crippen LogP contribution in [-0.4, -0.2) is 52.0 Å². The first kappa shape index (κ1) is 16.9. The highest BCUT2D eigenvalue weighted by Gasteiger charge is 2.29. The molecule has 2 aliphatic heterocycles. The highest BCUT2D eigenvalue weighted by Crippen LogP contribution is 2.27. The SMILES string of the molecule is Cc1nc2ccccc2nc1CN1CCC(C(C)N2CCCC2)CC1. The minimum absolute atomic E-state index is 0.756. The van der Waals surface area contributed by atoms with Gasteiger partial charge in [0.1, 0.15) is 0 Å². The summed E-state index contributed by atoms with van der Waals surface area (Å²) in [6.45, 7) is 10.5. The summed E-state index contributed by atoms with van der Waals surface area (Å²) in [5.74, 6) is 0.859. The number of para-hydroxylation sites is 2. The highest BCUT2D eigenvalue weighted by atomic mass is 15.2. The van der Waals surface area contributed by atoms with Gasteiger partial charge < -0.3 is 4.90 Å². The Morgan fingerprint density at radius 1 is 1.00 bits per heavy atom. The second-order valence-electron chi connectivity index (χ2n) is 7.84. The van der Waals surface area contributed by atoms with Crippen LogP contribution < -0.4 is 0 Å². The molecule has 0 radical (unpaired) electrons. The lowest BCUT2D eigenvalue weighted by molar-refractivity contribution is 0.107. The van der Waals surface area contributed by atoms with Gasteiger partial charge in [-0.25, -0.2) is 9.97 Å². The maximum absolute atomic E-state index is 4.87. The summed E-state index contributed by atoms with van der Waals surface area (Å²) in [6, 6.07) is 8.94. The first-order valence-corrected chi connectivity index (χ1v) is 9.89. The normalized spacial score (nSPS) is 21.8. The van der Waals surface area contributed by atoms with Crippen molar-refractivity contribution in [3.63, 3.8) is 0 Å². The van der Waals surface area contributed by atoms with Crippen molar-refractivity contribution >= 4 is 11.0 Å². The van der Waals surface area contributed by atoms with E-state index in [-0.39, 0.29) is 0 Å². The number of fused-ring (bicyclic) bond motifs is 1. The molecular weight excluding hydrogens is 308 g/mol. The third-order valence-corrected chi connectivity index (χ3v) is 6.25. The van der Waals surface area contributed by atoms with E-state index in [4.69, 9.17) is 9.97 Å². The topological polar surface area (TPSA) is 32.3 Å². The molecule has 1 aromatic heterocycles. The third-order valence-electron chi connectivity index (χ3n) is 6.25. The molecule has 25 heavy (non-hydrogen) atoms. The Balaban J connectivity index is 1.37. The number of benzene rings is 1. The number of hydrogen-bond acceptors (Lipinski definition) is 4. The van der Waals surface area contributed by atoms with E-state index in [1.807, 2.05) is 18.2 Å². The zero-order valence-electron chi connectivity index (χ0n) is 15.6. The molecule has 4 nitrogen and oxygen atoms in total. The predicted molar refractivity (Wildman–Crippen MR) is 103 cm³/mol. The summed E-state index contributed by atoms with van der Waals surface area (Å²) >= 11 is 0. The van der Waals surface area contributed by atoms with Gasteiger partial charge in [0.15, 0.2) is 0 Å². The third kappa shape index (κ3) is 3.70. The van der Waals surface area contributed by atoms with Gasteiger partial charge in [-0.1, -0.05) is 12.1 Å². The summed E-state index contributed by atoms with van der Waals surface area (Å²) in [5.41, 5.74) is 4.23. The van der Waals surface area contributed by atoms with Crippen LogP contribution >= 0.6 is 0 Å². The number of rotatable bonds is 4. The summed E-state index contributed by atoms with van der Waals surface area (Å²) in [7, 11) is 0. The van der Waals surface area contributed by atoms with Crippen LogP contribution in [0.2, 0.25) is 0 Å². The van der Waals surface area contributed by atoms with Crippen LogP contribution in [0.5, 0.6) is 0 Å². The number of nitrogens with zero attached hydrogens (tertiary/aromatic N) is 4. The number of likely N-dealkylation sites (tertiary alicyclic amines) is 2. The van der Waals surface area contributed by atoms with Crippen LogP contribution in [-0.2, 0) is 6.54 Å². The Morgan fingerprint density at radius 2 is 1.64 bits per heavy atom. The lowest BCUT2D eigenvalue weighted by Crippen LogP contribution is -2.43. The lowest BCUT2D eigenvalue weighted by Gasteiger charge is -2.38. The van der Waals surface area contributed by atoms with E-state index in [1.165, 1.54) is 51.9 Å². The number of hydrogen-bond donors (Lipinski definition) is 0. The molecule has 3 heterocycles. The Labute approximate surface area is 151 Å². The fraction of sp³-hybridized carbons (Fsp3) is 0.619. The minimum Gasteiger partial charge on any atom is -0.300 e. The number of aryl methyl sites for hydroxylation is 1. The van der Waals surface area contributed by atoms with E-state index in [0.29, 0.717) is 0 Å². The predicted octanol–water partition coefficient (Wildman–Crippen LogP) is 3.63. The van der Waals surface area contributed by atoms with Gasteiger partial charge in [-0.15, -0.1) is 0 Å². The second-order valence-corrected chi connectivity index (χ2v) is 7.84. The minimum atomic E-state index is 0.756. The van der Waals surface area contributed by atoms with E-state index in [9.17, 15) is 0 Å². The van der Waals surface area contributed by atoms with Crippen molar-refractivity contribution in [2.75, 3.05) is 26.2 Å². The lowest BCUT2D eigenvalue weighted by atomic mass is 9.89. The maximum Gasteiger partial charge on any atom is 0.0890 e. The van der Waals surface area contributed by atoms with Crippen molar-refractivity contribution < 1.29 is 0 Å². The molecule has 0 saturated carbocycles. The van der Waals surface area contributed by atoms with Crippen molar-refractivity contribution in [3.8, 4) is 0 Å². The van der Waals surface area contributed by atoms with Crippen molar-refractivity contribution in [3.05, 3.63) is 35.7 Å². The molecule has 1 aromatic carbocycles. The van der Waals surface area contributed by atoms with Gasteiger partial charge in [-0.05, 0) is 83.8 Å². The molecule has 4 heteroatoms. The van der Waals surface area contributed by atoms with Crippen LogP contribution in [0.3, 0.4) is 0 Å². The molecular formula is C21H30N4. The molecule has 1 unspecified atom stereocenters. The summed E-state index contributed by atoms with van der Waals surface area (Å²) in [6.07, 6.45) is 5.42. The van der Waals surface area contributed by atoms with Crippen molar-refractivity contribution in [1.82, 2.24) is 19.8 Å². The average molecular weight is 338 g/mol. The smallest absolute Gasteiger partial charge is 0.0890 e. The summed E-state index contributed by atoms with van der Waals surface area (Å²) < 4.78 is 0. The van der Waals surface area contributed by atoms with E-state index in [1.54, 1.807) is 0 Å². The molecule has 2 fully saturated rings. The van der Waals surface area contributed by atoms with Crippen molar-refractivity contribution in [1.29, 1.82) is 0 Å². The number of aromatic nitrogens is 2. The standard InChI is InChI=1S/C21H30N4/c1-16-21(23-20-8-4-3-7-19(20)22-16)15-24-13-9-18(10-14-24)17(2)25-11-5-6-12-25/h3-4,7-8,17-18H,5-6,9-15H2,1-2H3. The van der Waals surface area contributed by atoms with Gasteiger partial charge in [0.05, 0.1) is 22.4 Å². The molecule has 2 saturated heterocycles. The molecule has 2 aromatic rings. The highest BCUT2D eigenvalue weighted by molar-refractivity contribution is 5.74. The molecule has 0 bridgehead atoms. The van der Waals surface area contributed by atoms with Gasteiger partial charge in [-0.3, -0.25) is 4.90 Å². The molecule has 4 rings (SSSR count). The fourth-order valence-corrected chi connectivity index (χ4v) is 4.53. The van der Waals surface area contributed by atoms with Crippen molar-refractivity contribution in [2.24, 2.45) is 5.92 Å². The zero-order valence-corrected chi connectivity index (χ0v) is 15.6. The van der Waals surface area contributed by atoms with Gasteiger partial charge in [-0.2, -0.15) is 0 Å². The molecule has 134 valence electrons. The maximum atomic E-state index is 4.87. The Kier molecular flexibility index (Phi) is 5.00. The first-order chi connectivity index (χ1) is 12.2.